The Balaban J connectivity index is 2.78. The molecule has 0 heterocycles. The molecule has 1 aromatic rings. The van der Waals surface area contributed by atoms with Crippen molar-refractivity contribution in [3.63, 3.8) is 0 Å². The lowest BCUT2D eigenvalue weighted by Crippen LogP contribution is -2.14. The Hall–Kier alpha value is -1.09. The zero-order chi connectivity index (χ0) is 8.97. The Morgan fingerprint density at radius 3 is 2.92 bits per heavy atom. The van der Waals surface area contributed by atoms with Gasteiger partial charge in [-0.15, -0.1) is 0 Å². The van der Waals surface area contributed by atoms with Gasteiger partial charge in [0.2, 0.25) is 0 Å². The number of nitrogens with two attached hydrogens (primary N) is 1. The van der Waals surface area contributed by atoms with Gasteiger partial charge in [-0.2, -0.15) is 0 Å². The normalized spacial score (nSPS) is 9.92. The van der Waals surface area contributed by atoms with Crippen LogP contribution < -0.4 is 11.1 Å². The molecule has 3 N–H and O–H groups in total. The third kappa shape index (κ3) is 1.95. The lowest BCUT2D eigenvalue weighted by Gasteiger charge is -2.06. The number of hydrogen-bond acceptors (Lipinski definition) is 2. The van der Waals surface area contributed by atoms with Crippen molar-refractivity contribution in [1.82, 2.24) is 0 Å². The summed E-state index contributed by atoms with van der Waals surface area (Å²) < 4.78 is 13.2. The van der Waals surface area contributed by atoms with Gasteiger partial charge < -0.3 is 11.1 Å². The van der Waals surface area contributed by atoms with E-state index >= 15 is 0 Å². The van der Waals surface area contributed by atoms with E-state index in [-0.39, 0.29) is 5.82 Å². The molecule has 3 heteroatoms. The Labute approximate surface area is 71.6 Å². The van der Waals surface area contributed by atoms with Crippen molar-refractivity contribution in [2.75, 3.05) is 18.4 Å². The van der Waals surface area contributed by atoms with E-state index in [2.05, 4.69) is 5.32 Å². The maximum absolute atomic E-state index is 13.2. The summed E-state index contributed by atoms with van der Waals surface area (Å²) >= 11 is 0. The van der Waals surface area contributed by atoms with Gasteiger partial charge in [-0.3, -0.25) is 0 Å². The van der Waals surface area contributed by atoms with Crippen molar-refractivity contribution in [3.05, 3.63) is 29.6 Å². The molecule has 0 amide bonds. The minimum Gasteiger partial charge on any atom is -0.381 e. The number of rotatable bonds is 3. The zero-order valence-electron chi connectivity index (χ0n) is 7.10. The molecule has 0 bridgehead atoms. The van der Waals surface area contributed by atoms with Gasteiger partial charge in [0, 0.05) is 13.1 Å². The predicted octanol–water partition coefficient (Wildman–Crippen LogP) is 1.50. The Kier molecular flexibility index (Phi) is 3.05. The third-order valence-corrected chi connectivity index (χ3v) is 1.65. The molecule has 66 valence electrons. The fraction of sp³-hybridized carbons (Fsp3) is 0.333. The lowest BCUT2D eigenvalue weighted by atomic mass is 10.2. The summed E-state index contributed by atoms with van der Waals surface area (Å²) in [7, 11) is 0. The molecule has 0 fully saturated rings. The number of halogens is 1. The first-order chi connectivity index (χ1) is 5.75. The van der Waals surface area contributed by atoms with Crippen molar-refractivity contribution in [3.8, 4) is 0 Å². The van der Waals surface area contributed by atoms with Gasteiger partial charge in [0.15, 0.2) is 0 Å². The fourth-order valence-electron chi connectivity index (χ4n) is 0.991. The molecule has 0 atom stereocenters. The molecule has 0 spiro atoms. The Morgan fingerprint density at radius 1 is 1.50 bits per heavy atom. The molecule has 0 aliphatic rings. The first-order valence-electron chi connectivity index (χ1n) is 3.94. The van der Waals surface area contributed by atoms with E-state index in [0.717, 1.165) is 0 Å². The Morgan fingerprint density at radius 2 is 2.25 bits per heavy atom. The summed E-state index contributed by atoms with van der Waals surface area (Å²) in [6.07, 6.45) is 0. The number of anilines is 1. The van der Waals surface area contributed by atoms with Crippen LogP contribution in [0.2, 0.25) is 0 Å². The van der Waals surface area contributed by atoms with Crippen LogP contribution in [0, 0.1) is 12.7 Å². The average Bonchev–Trinajstić information content (AvgIpc) is 2.08. The van der Waals surface area contributed by atoms with Crippen LogP contribution >= 0.6 is 0 Å². The summed E-state index contributed by atoms with van der Waals surface area (Å²) in [5, 5.41) is 2.90. The molecule has 2 nitrogen and oxygen atoms in total. The second-order valence-electron chi connectivity index (χ2n) is 2.65. The first-order valence-corrected chi connectivity index (χ1v) is 3.94. The van der Waals surface area contributed by atoms with E-state index in [1.807, 2.05) is 6.07 Å². The number of aryl methyl sites for hydroxylation is 1. The van der Waals surface area contributed by atoms with Gasteiger partial charge in [0.05, 0.1) is 5.69 Å². The third-order valence-electron chi connectivity index (χ3n) is 1.65. The molecule has 0 aromatic heterocycles. The molecule has 0 saturated heterocycles. The Bertz CT molecular complexity index is 261. The number of benzene rings is 1. The highest BCUT2D eigenvalue weighted by molar-refractivity contribution is 5.47. The molecule has 0 aliphatic heterocycles. The SMILES string of the molecule is Cc1cccc(NCCN)c1F. The molecule has 0 radical (unpaired) electrons. The van der Waals surface area contributed by atoms with E-state index in [1.165, 1.54) is 0 Å². The topological polar surface area (TPSA) is 38.0 Å². The monoisotopic (exact) mass is 168 g/mol. The highest BCUT2D eigenvalue weighted by Crippen LogP contribution is 2.16. The minimum atomic E-state index is -0.189. The largest absolute Gasteiger partial charge is 0.381 e. The smallest absolute Gasteiger partial charge is 0.149 e. The average molecular weight is 168 g/mol. The molecular formula is C9H13FN2. The van der Waals surface area contributed by atoms with Crippen LogP contribution in [0.5, 0.6) is 0 Å². The van der Waals surface area contributed by atoms with E-state index in [0.29, 0.717) is 24.3 Å². The highest BCUT2D eigenvalue weighted by Gasteiger charge is 2.01. The first kappa shape index (κ1) is 9.00. The predicted molar refractivity (Wildman–Crippen MR) is 48.7 cm³/mol. The van der Waals surface area contributed by atoms with E-state index in [1.54, 1.807) is 19.1 Å². The fourth-order valence-corrected chi connectivity index (χ4v) is 0.991. The number of hydrogen-bond donors (Lipinski definition) is 2. The van der Waals surface area contributed by atoms with Gasteiger partial charge in [0.1, 0.15) is 5.82 Å². The van der Waals surface area contributed by atoms with Crippen LogP contribution in [0.15, 0.2) is 18.2 Å². The maximum atomic E-state index is 13.2. The van der Waals surface area contributed by atoms with E-state index < -0.39 is 0 Å². The van der Waals surface area contributed by atoms with Gasteiger partial charge in [-0.1, -0.05) is 12.1 Å². The quantitative estimate of drug-likeness (QED) is 0.717. The van der Waals surface area contributed by atoms with Crippen LogP contribution in [-0.2, 0) is 0 Å². The summed E-state index contributed by atoms with van der Waals surface area (Å²) in [4.78, 5) is 0. The van der Waals surface area contributed by atoms with Gasteiger partial charge in [0.25, 0.3) is 0 Å². The highest BCUT2D eigenvalue weighted by atomic mass is 19.1. The standard InChI is InChI=1S/C9H13FN2/c1-7-3-2-4-8(9(7)10)12-6-5-11/h2-4,12H,5-6,11H2,1H3. The van der Waals surface area contributed by atoms with Gasteiger partial charge >= 0.3 is 0 Å². The maximum Gasteiger partial charge on any atom is 0.149 e. The van der Waals surface area contributed by atoms with Crippen molar-refractivity contribution in [1.29, 1.82) is 0 Å². The molecule has 12 heavy (non-hydrogen) atoms. The second-order valence-corrected chi connectivity index (χ2v) is 2.65. The van der Waals surface area contributed by atoms with E-state index in [9.17, 15) is 4.39 Å². The molecule has 0 saturated carbocycles. The van der Waals surface area contributed by atoms with Crippen molar-refractivity contribution >= 4 is 5.69 Å². The van der Waals surface area contributed by atoms with Crippen molar-refractivity contribution in [2.24, 2.45) is 5.73 Å². The van der Waals surface area contributed by atoms with Gasteiger partial charge in [-0.25, -0.2) is 4.39 Å². The van der Waals surface area contributed by atoms with Crippen molar-refractivity contribution < 1.29 is 4.39 Å². The second kappa shape index (κ2) is 4.07. The molecule has 1 rings (SSSR count). The van der Waals surface area contributed by atoms with Crippen LogP contribution in [0.25, 0.3) is 0 Å². The molecule has 1 aromatic carbocycles. The summed E-state index contributed by atoms with van der Waals surface area (Å²) in [5.74, 6) is -0.189. The van der Waals surface area contributed by atoms with Crippen LogP contribution in [0.1, 0.15) is 5.56 Å². The molecule has 0 aliphatic carbocycles. The van der Waals surface area contributed by atoms with Gasteiger partial charge in [-0.05, 0) is 18.6 Å². The lowest BCUT2D eigenvalue weighted by molar-refractivity contribution is 0.621. The van der Waals surface area contributed by atoms with Crippen LogP contribution in [0.3, 0.4) is 0 Å². The summed E-state index contributed by atoms with van der Waals surface area (Å²) in [5.41, 5.74) is 6.46. The summed E-state index contributed by atoms with van der Waals surface area (Å²) in [6.45, 7) is 2.84. The minimum absolute atomic E-state index is 0.189. The van der Waals surface area contributed by atoms with Crippen molar-refractivity contribution in [2.45, 2.75) is 6.92 Å². The van der Waals surface area contributed by atoms with Crippen LogP contribution in [0.4, 0.5) is 10.1 Å². The zero-order valence-corrected chi connectivity index (χ0v) is 7.10. The summed E-state index contributed by atoms with van der Waals surface area (Å²) in [6, 6.07) is 5.26. The van der Waals surface area contributed by atoms with Crippen LogP contribution in [-0.4, -0.2) is 13.1 Å². The molecule has 0 unspecified atom stereocenters. The number of nitrogens with one attached hydrogen (secondary N) is 1. The van der Waals surface area contributed by atoms with E-state index in [4.69, 9.17) is 5.73 Å². The molecular weight excluding hydrogens is 155 g/mol.